The molecule has 32 heavy (non-hydrogen) atoms. The van der Waals surface area contributed by atoms with Crippen molar-refractivity contribution in [3.05, 3.63) is 67.3 Å². The molecule has 1 aliphatic rings. The molecule has 0 radical (unpaired) electrons. The number of carbonyl (C=O) groups is 1. The Bertz CT molecular complexity index is 1280. The fourth-order valence-corrected chi connectivity index (χ4v) is 4.18. The third-order valence-electron chi connectivity index (χ3n) is 5.02. The Kier molecular flexibility index (Phi) is 5.85. The Balaban J connectivity index is 1.92. The summed E-state index contributed by atoms with van der Waals surface area (Å²) >= 11 is 18.2. The van der Waals surface area contributed by atoms with Gasteiger partial charge in [-0.1, -0.05) is 34.8 Å². The number of nitrogens with zero attached hydrogens (tertiary/aromatic N) is 2. The summed E-state index contributed by atoms with van der Waals surface area (Å²) in [6, 6.07) is 2.37. The van der Waals surface area contributed by atoms with Crippen molar-refractivity contribution in [2.45, 2.75) is 25.1 Å². The van der Waals surface area contributed by atoms with Gasteiger partial charge >= 0.3 is 6.18 Å². The lowest BCUT2D eigenvalue weighted by molar-refractivity contribution is -0.158. The van der Waals surface area contributed by atoms with Gasteiger partial charge in [0.2, 0.25) is 5.43 Å². The number of fused-ring (bicyclic) bond motifs is 1. The fourth-order valence-electron chi connectivity index (χ4n) is 3.39. The highest BCUT2D eigenvalue weighted by Gasteiger charge is 2.49. The van der Waals surface area contributed by atoms with Crippen LogP contribution in [0.4, 0.5) is 17.6 Å². The zero-order valence-corrected chi connectivity index (χ0v) is 18.1. The molecule has 0 spiro atoms. The molecule has 12 heteroatoms. The van der Waals surface area contributed by atoms with E-state index in [2.05, 4.69) is 4.98 Å². The minimum Gasteiger partial charge on any atom is -0.340 e. The summed E-state index contributed by atoms with van der Waals surface area (Å²) in [6.07, 6.45) is -3.08. The predicted octanol–water partition coefficient (Wildman–Crippen LogP) is 5.56. The van der Waals surface area contributed by atoms with Gasteiger partial charge in [0.1, 0.15) is 28.2 Å². The molecule has 1 aromatic carbocycles. The molecule has 0 saturated heterocycles. The highest BCUT2D eigenvalue weighted by Crippen LogP contribution is 2.40. The summed E-state index contributed by atoms with van der Waals surface area (Å²) in [5, 5.41) is 1.43. The van der Waals surface area contributed by atoms with E-state index in [1.807, 2.05) is 5.32 Å². The van der Waals surface area contributed by atoms with Crippen LogP contribution in [-0.2, 0) is 0 Å². The largest absolute Gasteiger partial charge is 0.408 e. The van der Waals surface area contributed by atoms with Crippen LogP contribution in [-0.4, -0.2) is 27.7 Å². The molecule has 2 aromatic heterocycles. The lowest BCUT2D eigenvalue weighted by Crippen LogP contribution is -2.48. The molecule has 1 atom stereocenters. The molecular weight excluding hydrogens is 497 g/mol. The minimum atomic E-state index is -4.68. The highest BCUT2D eigenvalue weighted by atomic mass is 35.5. The zero-order chi connectivity index (χ0) is 23.4. The van der Waals surface area contributed by atoms with Gasteiger partial charge in [-0.05, 0) is 43.0 Å². The maximum Gasteiger partial charge on any atom is 0.408 e. The Morgan fingerprint density at radius 3 is 2.34 bits per heavy atom. The van der Waals surface area contributed by atoms with Gasteiger partial charge in [0.15, 0.2) is 0 Å². The van der Waals surface area contributed by atoms with Gasteiger partial charge in [-0.3, -0.25) is 14.2 Å². The molecule has 4 rings (SSSR count). The SMILES string of the molecule is O=C(N[C@H](C1CC1)C(F)(F)F)c1cn(-c2c(Cl)cc(F)cc2Cl)c2nc(Cl)ccc2c1=O. The molecule has 1 aliphatic carbocycles. The Morgan fingerprint density at radius 1 is 1.16 bits per heavy atom. The topological polar surface area (TPSA) is 64.0 Å². The average Bonchev–Trinajstić information content (AvgIpc) is 3.50. The first kappa shape index (κ1) is 22.8. The molecule has 168 valence electrons. The fraction of sp³-hybridized carbons (Fsp3) is 0.250. The zero-order valence-electron chi connectivity index (χ0n) is 15.8. The minimum absolute atomic E-state index is 0.0110. The van der Waals surface area contributed by atoms with E-state index in [0.717, 1.165) is 22.9 Å². The van der Waals surface area contributed by atoms with Gasteiger partial charge in [-0.25, -0.2) is 9.37 Å². The molecule has 0 aliphatic heterocycles. The summed E-state index contributed by atoms with van der Waals surface area (Å²) < 4.78 is 54.9. The molecule has 1 saturated carbocycles. The molecule has 1 amide bonds. The van der Waals surface area contributed by atoms with Crippen LogP contribution in [0.25, 0.3) is 16.7 Å². The molecule has 1 N–H and O–H groups in total. The van der Waals surface area contributed by atoms with E-state index in [-0.39, 0.29) is 31.9 Å². The number of rotatable bonds is 4. The van der Waals surface area contributed by atoms with Gasteiger partial charge in [-0.2, -0.15) is 13.2 Å². The molecule has 0 unspecified atom stereocenters. The quantitative estimate of drug-likeness (QED) is 0.371. The number of carbonyl (C=O) groups excluding carboxylic acids is 1. The second-order valence-corrected chi connectivity index (χ2v) is 8.50. The number of halogens is 7. The van der Waals surface area contributed by atoms with Crippen molar-refractivity contribution in [2.75, 3.05) is 0 Å². The van der Waals surface area contributed by atoms with Crippen molar-refractivity contribution < 1.29 is 22.4 Å². The summed E-state index contributed by atoms with van der Waals surface area (Å²) in [4.78, 5) is 29.8. The van der Waals surface area contributed by atoms with Crippen molar-refractivity contribution in [2.24, 2.45) is 5.92 Å². The van der Waals surface area contributed by atoms with E-state index < -0.39 is 40.9 Å². The number of hydrogen-bond donors (Lipinski definition) is 1. The monoisotopic (exact) mass is 507 g/mol. The van der Waals surface area contributed by atoms with Crippen molar-refractivity contribution in [3.63, 3.8) is 0 Å². The third kappa shape index (κ3) is 4.29. The normalized spacial score (nSPS) is 15.1. The Morgan fingerprint density at radius 2 is 1.78 bits per heavy atom. The maximum atomic E-state index is 13.7. The Labute approximate surface area is 192 Å². The van der Waals surface area contributed by atoms with E-state index in [1.54, 1.807) is 0 Å². The first-order chi connectivity index (χ1) is 15.0. The molecule has 0 bridgehead atoms. The molecule has 2 heterocycles. The number of hydrogen-bond acceptors (Lipinski definition) is 3. The highest BCUT2D eigenvalue weighted by molar-refractivity contribution is 6.38. The number of aromatic nitrogens is 2. The van der Waals surface area contributed by atoms with E-state index in [0.29, 0.717) is 12.8 Å². The average molecular weight is 509 g/mol. The van der Waals surface area contributed by atoms with Crippen molar-refractivity contribution in [1.29, 1.82) is 0 Å². The van der Waals surface area contributed by atoms with Crippen molar-refractivity contribution >= 4 is 51.7 Å². The molecule has 3 aromatic rings. The summed E-state index contributed by atoms with van der Waals surface area (Å²) in [5.41, 5.74) is -1.54. The van der Waals surface area contributed by atoms with Crippen LogP contribution in [0.5, 0.6) is 0 Å². The van der Waals surface area contributed by atoms with E-state index in [1.165, 1.54) is 12.1 Å². The van der Waals surface area contributed by atoms with Crippen LogP contribution in [0.1, 0.15) is 23.2 Å². The van der Waals surface area contributed by atoms with Crippen LogP contribution in [0.15, 0.2) is 35.3 Å². The van der Waals surface area contributed by atoms with Gasteiger partial charge in [-0.15, -0.1) is 0 Å². The summed E-state index contributed by atoms with van der Waals surface area (Å²) in [5.74, 6) is -2.71. The number of amides is 1. The lowest BCUT2D eigenvalue weighted by Gasteiger charge is -2.22. The molecular formula is C20H12Cl3F4N3O2. The second kappa shape index (κ2) is 8.20. The van der Waals surface area contributed by atoms with Crippen LogP contribution >= 0.6 is 34.8 Å². The number of pyridine rings is 2. The van der Waals surface area contributed by atoms with Gasteiger partial charge in [0.05, 0.1) is 21.1 Å². The van der Waals surface area contributed by atoms with E-state index >= 15 is 0 Å². The smallest absolute Gasteiger partial charge is 0.340 e. The van der Waals surface area contributed by atoms with Crippen molar-refractivity contribution in [3.8, 4) is 5.69 Å². The third-order valence-corrected chi connectivity index (χ3v) is 5.80. The van der Waals surface area contributed by atoms with Crippen LogP contribution < -0.4 is 10.7 Å². The van der Waals surface area contributed by atoms with Crippen molar-refractivity contribution in [1.82, 2.24) is 14.9 Å². The first-order valence-corrected chi connectivity index (χ1v) is 10.3. The van der Waals surface area contributed by atoms with E-state index in [4.69, 9.17) is 34.8 Å². The molecule has 5 nitrogen and oxygen atoms in total. The van der Waals surface area contributed by atoms with Gasteiger partial charge < -0.3 is 5.32 Å². The predicted molar refractivity (Wildman–Crippen MR) is 112 cm³/mol. The second-order valence-electron chi connectivity index (χ2n) is 7.30. The Hall–Kier alpha value is -2.36. The maximum absolute atomic E-state index is 13.7. The van der Waals surface area contributed by atoms with E-state index in [9.17, 15) is 27.2 Å². The van der Waals surface area contributed by atoms with Crippen LogP contribution in [0, 0.1) is 11.7 Å². The van der Waals surface area contributed by atoms with Gasteiger partial charge in [0, 0.05) is 6.20 Å². The van der Waals surface area contributed by atoms with Gasteiger partial charge in [0.25, 0.3) is 5.91 Å². The summed E-state index contributed by atoms with van der Waals surface area (Å²) in [6.45, 7) is 0. The van der Waals surface area contributed by atoms with Crippen LogP contribution in [0.2, 0.25) is 15.2 Å². The number of benzene rings is 1. The van der Waals surface area contributed by atoms with Crippen LogP contribution in [0.3, 0.4) is 0 Å². The molecule has 1 fully saturated rings. The summed E-state index contributed by atoms with van der Waals surface area (Å²) in [7, 11) is 0. The standard InChI is InChI=1S/C20H12Cl3F4N3O2/c21-12-5-9(24)6-13(22)15(12)30-7-11(16(31)10-3-4-14(23)28-18(10)30)19(32)29-17(8-1-2-8)20(25,26)27/h3-8,17H,1-2H2,(H,29,32)/t17-/m1/s1. The number of alkyl halides is 3. The number of nitrogens with one attached hydrogen (secondary N) is 1. The first-order valence-electron chi connectivity index (χ1n) is 9.21. The lowest BCUT2D eigenvalue weighted by atomic mass is 10.1.